The van der Waals surface area contributed by atoms with E-state index in [1.54, 1.807) is 24.3 Å². The number of aliphatic hydroxyl groups excluding tert-OH is 1. The summed E-state index contributed by atoms with van der Waals surface area (Å²) in [5.74, 6) is -0.202. The molecule has 1 aromatic carbocycles. The van der Waals surface area contributed by atoms with Gasteiger partial charge in [-0.3, -0.25) is 4.79 Å². The molecule has 17 heavy (non-hydrogen) atoms. The topological polar surface area (TPSA) is 49.3 Å². The van der Waals surface area contributed by atoms with Crippen LogP contribution in [0.4, 0.5) is 0 Å². The predicted molar refractivity (Wildman–Crippen MR) is 67.2 cm³/mol. The molecule has 92 valence electrons. The number of nitrogens with one attached hydrogen (secondary N) is 1. The number of aliphatic hydroxyl groups is 1. The quantitative estimate of drug-likeness (QED) is 0.869. The normalized spacial score (nSPS) is 18.0. The standard InChI is InChI=1S/C13H16ClNO2/c14-11-6-2-1-5-10(11)12(17)15-13(9-16)7-3-4-8-13/h1-2,5-6,16H,3-4,7-9H2,(H,15,17). The fraction of sp³-hybridized carbons (Fsp3) is 0.462. The Morgan fingerprint density at radius 1 is 1.35 bits per heavy atom. The third kappa shape index (κ3) is 2.61. The lowest BCUT2D eigenvalue weighted by Crippen LogP contribution is -2.49. The maximum Gasteiger partial charge on any atom is 0.253 e. The van der Waals surface area contributed by atoms with Gasteiger partial charge in [0, 0.05) is 0 Å². The molecular formula is C13H16ClNO2. The van der Waals surface area contributed by atoms with Crippen molar-refractivity contribution in [3.05, 3.63) is 34.9 Å². The van der Waals surface area contributed by atoms with Gasteiger partial charge >= 0.3 is 0 Å². The number of halogens is 1. The van der Waals surface area contributed by atoms with Crippen molar-refractivity contribution in [2.45, 2.75) is 31.2 Å². The lowest BCUT2D eigenvalue weighted by Gasteiger charge is -2.28. The lowest BCUT2D eigenvalue weighted by atomic mass is 9.98. The largest absolute Gasteiger partial charge is 0.394 e. The first kappa shape index (κ1) is 12.4. The SMILES string of the molecule is O=C(NC1(CO)CCCC1)c1ccccc1Cl. The molecule has 2 N–H and O–H groups in total. The molecule has 1 aliphatic rings. The monoisotopic (exact) mass is 253 g/mol. The molecule has 1 aliphatic carbocycles. The highest BCUT2D eigenvalue weighted by atomic mass is 35.5. The Bertz CT molecular complexity index is 414. The number of benzene rings is 1. The first-order valence-corrected chi connectivity index (χ1v) is 6.23. The summed E-state index contributed by atoms with van der Waals surface area (Å²) < 4.78 is 0. The molecule has 1 amide bonds. The van der Waals surface area contributed by atoms with Gasteiger partial charge in [-0.2, -0.15) is 0 Å². The second-order valence-corrected chi connectivity index (χ2v) is 4.99. The predicted octanol–water partition coefficient (Wildman–Crippen LogP) is 2.37. The smallest absolute Gasteiger partial charge is 0.253 e. The Balaban J connectivity index is 2.14. The molecule has 0 aromatic heterocycles. The first-order valence-electron chi connectivity index (χ1n) is 5.85. The molecule has 2 rings (SSSR count). The Hall–Kier alpha value is -1.06. The van der Waals surface area contributed by atoms with E-state index in [1.165, 1.54) is 0 Å². The zero-order valence-corrected chi connectivity index (χ0v) is 10.3. The van der Waals surface area contributed by atoms with E-state index in [0.29, 0.717) is 10.6 Å². The summed E-state index contributed by atoms with van der Waals surface area (Å²) >= 11 is 5.97. The van der Waals surface area contributed by atoms with Crippen LogP contribution in [-0.4, -0.2) is 23.2 Å². The van der Waals surface area contributed by atoms with Gasteiger partial charge in [-0.15, -0.1) is 0 Å². The average Bonchev–Trinajstić information content (AvgIpc) is 2.79. The summed E-state index contributed by atoms with van der Waals surface area (Å²) in [6.07, 6.45) is 3.76. The van der Waals surface area contributed by atoms with Crippen LogP contribution in [0.5, 0.6) is 0 Å². The van der Waals surface area contributed by atoms with Crippen LogP contribution in [0.3, 0.4) is 0 Å². The number of rotatable bonds is 3. The Morgan fingerprint density at radius 2 is 2.00 bits per heavy atom. The third-order valence-electron chi connectivity index (χ3n) is 3.36. The second-order valence-electron chi connectivity index (χ2n) is 4.58. The highest BCUT2D eigenvalue weighted by Crippen LogP contribution is 2.29. The summed E-state index contributed by atoms with van der Waals surface area (Å²) in [7, 11) is 0. The Morgan fingerprint density at radius 3 is 2.59 bits per heavy atom. The highest BCUT2D eigenvalue weighted by molar-refractivity contribution is 6.33. The van der Waals surface area contributed by atoms with Crippen molar-refractivity contribution < 1.29 is 9.90 Å². The molecule has 0 heterocycles. The van der Waals surface area contributed by atoms with Crippen molar-refractivity contribution in [3.8, 4) is 0 Å². The number of carbonyl (C=O) groups excluding carboxylic acids is 1. The van der Waals surface area contributed by atoms with Crippen molar-refractivity contribution in [1.82, 2.24) is 5.32 Å². The molecule has 4 heteroatoms. The minimum absolute atomic E-state index is 0.0107. The number of carbonyl (C=O) groups is 1. The van der Waals surface area contributed by atoms with Crippen LogP contribution in [0.1, 0.15) is 36.0 Å². The van der Waals surface area contributed by atoms with E-state index in [0.717, 1.165) is 25.7 Å². The van der Waals surface area contributed by atoms with E-state index in [9.17, 15) is 9.90 Å². The minimum Gasteiger partial charge on any atom is -0.394 e. The van der Waals surface area contributed by atoms with E-state index in [-0.39, 0.29) is 12.5 Å². The summed E-state index contributed by atoms with van der Waals surface area (Å²) in [4.78, 5) is 12.1. The van der Waals surface area contributed by atoms with Gasteiger partial charge in [0.1, 0.15) is 0 Å². The summed E-state index contributed by atoms with van der Waals surface area (Å²) in [5.41, 5.74) is 0.0184. The van der Waals surface area contributed by atoms with E-state index >= 15 is 0 Å². The van der Waals surface area contributed by atoms with E-state index < -0.39 is 5.54 Å². The average molecular weight is 254 g/mol. The molecule has 1 saturated carbocycles. The molecule has 0 radical (unpaired) electrons. The number of hydrogen-bond donors (Lipinski definition) is 2. The summed E-state index contributed by atoms with van der Waals surface area (Å²) in [6, 6.07) is 6.95. The van der Waals surface area contributed by atoms with E-state index in [1.807, 2.05) is 0 Å². The minimum atomic E-state index is -0.448. The fourth-order valence-electron chi connectivity index (χ4n) is 2.33. The molecule has 0 bridgehead atoms. The number of hydrogen-bond acceptors (Lipinski definition) is 2. The van der Waals surface area contributed by atoms with Crippen LogP contribution >= 0.6 is 11.6 Å². The first-order chi connectivity index (χ1) is 8.17. The molecule has 0 unspecified atom stereocenters. The second kappa shape index (κ2) is 5.07. The van der Waals surface area contributed by atoms with Crippen LogP contribution < -0.4 is 5.32 Å². The van der Waals surface area contributed by atoms with Crippen molar-refractivity contribution >= 4 is 17.5 Å². The van der Waals surface area contributed by atoms with Crippen LogP contribution in [0.15, 0.2) is 24.3 Å². The molecule has 3 nitrogen and oxygen atoms in total. The highest BCUT2D eigenvalue weighted by Gasteiger charge is 2.35. The molecule has 0 atom stereocenters. The lowest BCUT2D eigenvalue weighted by molar-refractivity contribution is 0.0838. The van der Waals surface area contributed by atoms with Gasteiger partial charge in [0.05, 0.1) is 22.7 Å². The van der Waals surface area contributed by atoms with Gasteiger partial charge in [0.25, 0.3) is 5.91 Å². The zero-order valence-electron chi connectivity index (χ0n) is 9.58. The van der Waals surface area contributed by atoms with Gasteiger partial charge in [-0.1, -0.05) is 36.6 Å². The van der Waals surface area contributed by atoms with Gasteiger partial charge in [0.2, 0.25) is 0 Å². The van der Waals surface area contributed by atoms with E-state index in [2.05, 4.69) is 5.32 Å². The van der Waals surface area contributed by atoms with Crippen molar-refractivity contribution in [2.24, 2.45) is 0 Å². The van der Waals surface area contributed by atoms with Crippen molar-refractivity contribution in [3.63, 3.8) is 0 Å². The van der Waals surface area contributed by atoms with Gasteiger partial charge in [-0.25, -0.2) is 0 Å². The molecule has 0 aliphatic heterocycles. The van der Waals surface area contributed by atoms with Crippen LogP contribution in [0.2, 0.25) is 5.02 Å². The van der Waals surface area contributed by atoms with E-state index in [4.69, 9.17) is 11.6 Å². The number of amides is 1. The van der Waals surface area contributed by atoms with Crippen LogP contribution in [0.25, 0.3) is 0 Å². The van der Waals surface area contributed by atoms with Gasteiger partial charge in [-0.05, 0) is 25.0 Å². The van der Waals surface area contributed by atoms with Crippen molar-refractivity contribution in [1.29, 1.82) is 0 Å². The van der Waals surface area contributed by atoms with Crippen LogP contribution in [0, 0.1) is 0 Å². The Kier molecular flexibility index (Phi) is 3.69. The summed E-state index contributed by atoms with van der Waals surface area (Å²) in [5, 5.41) is 12.8. The van der Waals surface area contributed by atoms with Gasteiger partial charge < -0.3 is 10.4 Å². The molecule has 0 saturated heterocycles. The third-order valence-corrected chi connectivity index (χ3v) is 3.69. The maximum atomic E-state index is 12.1. The molecule has 1 fully saturated rings. The molecule has 0 spiro atoms. The molecule has 1 aromatic rings. The zero-order chi connectivity index (χ0) is 12.3. The fourth-order valence-corrected chi connectivity index (χ4v) is 2.55. The van der Waals surface area contributed by atoms with Crippen molar-refractivity contribution in [2.75, 3.05) is 6.61 Å². The van der Waals surface area contributed by atoms with Crippen LogP contribution in [-0.2, 0) is 0 Å². The molecular weight excluding hydrogens is 238 g/mol. The maximum absolute atomic E-state index is 12.1. The van der Waals surface area contributed by atoms with Gasteiger partial charge in [0.15, 0.2) is 0 Å². The summed E-state index contributed by atoms with van der Waals surface area (Å²) in [6.45, 7) is -0.0107. The Labute approximate surface area is 106 Å².